The van der Waals surface area contributed by atoms with Gasteiger partial charge in [-0.3, -0.25) is 14.6 Å². The highest BCUT2D eigenvalue weighted by Crippen LogP contribution is 2.27. The summed E-state index contributed by atoms with van der Waals surface area (Å²) in [5.74, 6) is -0.577. The molecule has 0 aliphatic carbocycles. The SMILES string of the molecule is O=C1CN(Cc2ccccc2-c2cccc(CN3CCCCC3)c2)C(=O)N1CC(F)F. The van der Waals surface area contributed by atoms with E-state index < -0.39 is 24.9 Å². The third-order valence-electron chi connectivity index (χ3n) is 5.92. The molecule has 2 aliphatic heterocycles. The summed E-state index contributed by atoms with van der Waals surface area (Å²) in [4.78, 5) is 29.0. The number of carbonyl (C=O) groups excluding carboxylic acids is 2. The number of nitrogens with zero attached hydrogens (tertiary/aromatic N) is 3. The van der Waals surface area contributed by atoms with Crippen molar-refractivity contribution < 1.29 is 18.4 Å². The minimum Gasteiger partial charge on any atom is -0.311 e. The zero-order valence-electron chi connectivity index (χ0n) is 17.5. The molecule has 0 atom stereocenters. The molecular formula is C24H27F2N3O2. The van der Waals surface area contributed by atoms with E-state index in [2.05, 4.69) is 17.0 Å². The molecule has 0 saturated carbocycles. The Morgan fingerprint density at radius 2 is 1.68 bits per heavy atom. The van der Waals surface area contributed by atoms with Crippen molar-refractivity contribution in [1.82, 2.24) is 14.7 Å². The number of amides is 3. The van der Waals surface area contributed by atoms with E-state index in [1.54, 1.807) is 0 Å². The Bertz CT molecular complexity index is 944. The van der Waals surface area contributed by atoms with E-state index in [4.69, 9.17) is 0 Å². The number of halogens is 2. The third kappa shape index (κ3) is 5.10. The van der Waals surface area contributed by atoms with Gasteiger partial charge in [-0.25, -0.2) is 13.6 Å². The van der Waals surface area contributed by atoms with Crippen LogP contribution in [-0.2, 0) is 17.9 Å². The van der Waals surface area contributed by atoms with E-state index in [0.29, 0.717) is 4.90 Å². The zero-order valence-corrected chi connectivity index (χ0v) is 17.5. The van der Waals surface area contributed by atoms with Crippen LogP contribution in [0.4, 0.5) is 13.6 Å². The number of rotatable bonds is 7. The summed E-state index contributed by atoms with van der Waals surface area (Å²) in [5.41, 5.74) is 4.16. The molecule has 7 heteroatoms. The number of piperidine rings is 1. The van der Waals surface area contributed by atoms with E-state index in [0.717, 1.165) is 36.3 Å². The first-order chi connectivity index (χ1) is 15.0. The van der Waals surface area contributed by atoms with Crippen molar-refractivity contribution in [2.24, 2.45) is 0 Å². The molecule has 164 valence electrons. The summed E-state index contributed by atoms with van der Waals surface area (Å²) in [6.45, 7) is 2.35. The molecule has 2 aliphatic rings. The summed E-state index contributed by atoms with van der Waals surface area (Å²) >= 11 is 0. The maximum Gasteiger partial charge on any atom is 0.327 e. The van der Waals surface area contributed by atoms with Crippen molar-refractivity contribution in [2.75, 3.05) is 26.2 Å². The molecule has 31 heavy (non-hydrogen) atoms. The van der Waals surface area contributed by atoms with Crippen LogP contribution in [0, 0.1) is 0 Å². The van der Waals surface area contributed by atoms with Crippen molar-refractivity contribution in [3.8, 4) is 11.1 Å². The number of benzene rings is 2. The lowest BCUT2D eigenvalue weighted by Gasteiger charge is -2.26. The van der Waals surface area contributed by atoms with Gasteiger partial charge in [0.15, 0.2) is 0 Å². The van der Waals surface area contributed by atoms with Gasteiger partial charge >= 0.3 is 6.03 Å². The van der Waals surface area contributed by atoms with Crippen molar-refractivity contribution >= 4 is 11.9 Å². The van der Waals surface area contributed by atoms with Crippen LogP contribution in [0.25, 0.3) is 11.1 Å². The van der Waals surface area contributed by atoms with Gasteiger partial charge in [0.05, 0.1) is 6.54 Å². The number of urea groups is 1. The lowest BCUT2D eigenvalue weighted by molar-refractivity contribution is -0.126. The average molecular weight is 427 g/mol. The number of likely N-dealkylation sites (tertiary alicyclic amines) is 1. The van der Waals surface area contributed by atoms with E-state index in [1.165, 1.54) is 29.7 Å². The van der Waals surface area contributed by atoms with Gasteiger partial charge in [-0.05, 0) is 54.3 Å². The maximum absolute atomic E-state index is 12.7. The predicted molar refractivity (Wildman–Crippen MR) is 115 cm³/mol. The van der Waals surface area contributed by atoms with E-state index in [-0.39, 0.29) is 13.1 Å². The fraction of sp³-hybridized carbons (Fsp3) is 0.417. The highest BCUT2D eigenvalue weighted by Gasteiger charge is 2.37. The first kappa shape index (κ1) is 21.4. The van der Waals surface area contributed by atoms with Crippen LogP contribution >= 0.6 is 0 Å². The molecule has 2 aromatic carbocycles. The Kier molecular flexibility index (Phi) is 6.61. The van der Waals surface area contributed by atoms with E-state index >= 15 is 0 Å². The number of imide groups is 1. The molecule has 0 radical (unpaired) electrons. The van der Waals surface area contributed by atoms with Gasteiger partial charge in [0.2, 0.25) is 0 Å². The molecular weight excluding hydrogens is 400 g/mol. The van der Waals surface area contributed by atoms with Gasteiger partial charge in [0, 0.05) is 13.1 Å². The van der Waals surface area contributed by atoms with Crippen molar-refractivity contribution in [1.29, 1.82) is 0 Å². The molecule has 2 saturated heterocycles. The van der Waals surface area contributed by atoms with Gasteiger partial charge in [0.1, 0.15) is 6.54 Å². The van der Waals surface area contributed by atoms with Gasteiger partial charge in [-0.15, -0.1) is 0 Å². The van der Waals surface area contributed by atoms with Crippen LogP contribution in [0.15, 0.2) is 48.5 Å². The minimum absolute atomic E-state index is 0.172. The van der Waals surface area contributed by atoms with Crippen LogP contribution in [-0.4, -0.2) is 59.2 Å². The lowest BCUT2D eigenvalue weighted by Crippen LogP contribution is -2.36. The van der Waals surface area contributed by atoms with Crippen molar-refractivity contribution in [3.63, 3.8) is 0 Å². The average Bonchev–Trinajstić information content (AvgIpc) is 3.02. The topological polar surface area (TPSA) is 43.9 Å². The predicted octanol–water partition coefficient (Wildman–Crippen LogP) is 4.37. The van der Waals surface area contributed by atoms with Crippen LogP contribution in [0.2, 0.25) is 0 Å². The molecule has 0 unspecified atom stereocenters. The highest BCUT2D eigenvalue weighted by atomic mass is 19.3. The van der Waals surface area contributed by atoms with Gasteiger partial charge in [-0.1, -0.05) is 48.9 Å². The number of hydrogen-bond donors (Lipinski definition) is 0. The normalized spacial score (nSPS) is 17.8. The smallest absolute Gasteiger partial charge is 0.311 e. The van der Waals surface area contributed by atoms with Gasteiger partial charge in [0.25, 0.3) is 12.3 Å². The molecule has 4 rings (SSSR count). The molecule has 2 aromatic rings. The lowest BCUT2D eigenvalue weighted by atomic mass is 9.97. The Balaban J connectivity index is 1.52. The second-order valence-corrected chi connectivity index (χ2v) is 8.23. The minimum atomic E-state index is -2.73. The van der Waals surface area contributed by atoms with E-state index in [9.17, 15) is 18.4 Å². The first-order valence-electron chi connectivity index (χ1n) is 10.8. The molecule has 0 bridgehead atoms. The standard InChI is InChI=1S/C24H27F2N3O2/c25-22(26)16-29-23(30)17-28(24(29)31)15-20-8-2-3-10-21(20)19-9-6-7-18(13-19)14-27-11-4-1-5-12-27/h2-3,6-10,13,22H,1,4-5,11-12,14-17H2. The molecule has 5 nitrogen and oxygen atoms in total. The monoisotopic (exact) mass is 427 g/mol. The number of hydrogen-bond acceptors (Lipinski definition) is 3. The summed E-state index contributed by atoms with van der Waals surface area (Å²) < 4.78 is 25.4. The quantitative estimate of drug-likeness (QED) is 0.617. The summed E-state index contributed by atoms with van der Waals surface area (Å²) in [6, 6.07) is 15.5. The molecule has 0 N–H and O–H groups in total. The molecule has 0 spiro atoms. The summed E-state index contributed by atoms with van der Waals surface area (Å²) in [5, 5.41) is 0. The van der Waals surface area contributed by atoms with Crippen LogP contribution in [0.5, 0.6) is 0 Å². The Hall–Kier alpha value is -2.80. The van der Waals surface area contributed by atoms with Crippen molar-refractivity contribution in [2.45, 2.75) is 38.8 Å². The zero-order chi connectivity index (χ0) is 21.8. The van der Waals surface area contributed by atoms with Crippen LogP contribution < -0.4 is 0 Å². The Labute approximate surface area is 181 Å². The number of alkyl halides is 2. The third-order valence-corrected chi connectivity index (χ3v) is 5.92. The molecule has 2 heterocycles. The molecule has 2 fully saturated rings. The second-order valence-electron chi connectivity index (χ2n) is 8.23. The largest absolute Gasteiger partial charge is 0.327 e. The summed E-state index contributed by atoms with van der Waals surface area (Å²) in [7, 11) is 0. The van der Waals surface area contributed by atoms with Gasteiger partial charge < -0.3 is 4.90 Å². The fourth-order valence-corrected chi connectivity index (χ4v) is 4.39. The van der Waals surface area contributed by atoms with Crippen molar-refractivity contribution in [3.05, 3.63) is 59.7 Å². The maximum atomic E-state index is 12.7. The van der Waals surface area contributed by atoms with Crippen LogP contribution in [0.3, 0.4) is 0 Å². The molecule has 0 aromatic heterocycles. The van der Waals surface area contributed by atoms with Gasteiger partial charge in [-0.2, -0.15) is 0 Å². The highest BCUT2D eigenvalue weighted by molar-refractivity contribution is 6.02. The summed E-state index contributed by atoms with van der Waals surface area (Å²) in [6.07, 6.45) is 1.06. The first-order valence-corrected chi connectivity index (χ1v) is 10.8. The Morgan fingerprint density at radius 3 is 2.45 bits per heavy atom. The number of carbonyl (C=O) groups is 2. The van der Waals surface area contributed by atoms with E-state index in [1.807, 2.05) is 36.4 Å². The molecule has 3 amide bonds. The fourth-order valence-electron chi connectivity index (χ4n) is 4.39. The van der Waals surface area contributed by atoms with Crippen LogP contribution in [0.1, 0.15) is 30.4 Å². The second kappa shape index (κ2) is 9.56. The Morgan fingerprint density at radius 1 is 0.903 bits per heavy atom.